The minimum atomic E-state index is -0.389. The van der Waals surface area contributed by atoms with Crippen LogP contribution in [0.1, 0.15) is 68.7 Å². The number of unbranched alkanes of at least 4 members (excludes halogenated alkanes) is 6. The predicted molar refractivity (Wildman–Crippen MR) is 91.1 cm³/mol. The second kappa shape index (κ2) is 8.42. The molecule has 0 saturated heterocycles. The summed E-state index contributed by atoms with van der Waals surface area (Å²) in [5.41, 5.74) is 2.58. The van der Waals surface area contributed by atoms with Crippen LogP contribution in [-0.2, 0) is 0 Å². The Morgan fingerprint density at radius 2 is 1.86 bits per heavy atom. The van der Waals surface area contributed by atoms with E-state index in [2.05, 4.69) is 33.9 Å². The van der Waals surface area contributed by atoms with Crippen molar-refractivity contribution in [2.75, 3.05) is 0 Å². The Labute approximate surface area is 134 Å². The first-order chi connectivity index (χ1) is 10.2. The third-order valence-electron chi connectivity index (χ3n) is 3.87. The number of aromatic nitrogens is 1. The fourth-order valence-electron chi connectivity index (χ4n) is 2.60. The number of hydrogen-bond acceptors (Lipinski definition) is 2. The largest absolute Gasteiger partial charge is 0.417 e. The lowest BCUT2D eigenvalue weighted by atomic mass is 10.0. The van der Waals surface area contributed by atoms with Gasteiger partial charge in [0.2, 0.25) is 0 Å². The summed E-state index contributed by atoms with van der Waals surface area (Å²) in [6, 6.07) is 5.91. The first-order valence-electron chi connectivity index (χ1n) is 7.97. The van der Waals surface area contributed by atoms with Crippen molar-refractivity contribution in [2.45, 2.75) is 63.1 Å². The van der Waals surface area contributed by atoms with Gasteiger partial charge in [-0.3, -0.25) is 4.98 Å². The summed E-state index contributed by atoms with van der Waals surface area (Å²) >= 11 is 3.74. The number of H-pyrrole nitrogens is 1. The number of hydrogen-bond donors (Lipinski definition) is 1. The zero-order valence-corrected chi connectivity index (χ0v) is 14.2. The van der Waals surface area contributed by atoms with E-state index in [4.69, 9.17) is 4.42 Å². The van der Waals surface area contributed by atoms with Crippen molar-refractivity contribution in [3.63, 3.8) is 0 Å². The summed E-state index contributed by atoms with van der Waals surface area (Å²) in [7, 11) is 0. The minimum absolute atomic E-state index is 0.331. The molecule has 0 aliphatic rings. The van der Waals surface area contributed by atoms with Crippen molar-refractivity contribution < 1.29 is 4.42 Å². The Morgan fingerprint density at radius 1 is 1.14 bits per heavy atom. The van der Waals surface area contributed by atoms with Crippen LogP contribution >= 0.6 is 15.9 Å². The molecule has 1 aromatic carbocycles. The standard InChI is InChI=1S/C17H24BrNO2/c1-2-3-4-5-6-7-8-9-14(18)13-10-11-15-16(12-13)21-17(20)19-15/h10-12,14H,2-9H2,1H3,(H,19,20). The zero-order chi connectivity index (χ0) is 15.1. The lowest BCUT2D eigenvalue weighted by molar-refractivity contribution is 0.554. The van der Waals surface area contributed by atoms with Crippen molar-refractivity contribution in [1.82, 2.24) is 4.98 Å². The van der Waals surface area contributed by atoms with Crippen LogP contribution in [0.25, 0.3) is 11.1 Å². The fourth-order valence-corrected chi connectivity index (χ4v) is 3.21. The Kier molecular flexibility index (Phi) is 6.55. The zero-order valence-electron chi connectivity index (χ0n) is 12.7. The van der Waals surface area contributed by atoms with Gasteiger partial charge in [0.1, 0.15) is 0 Å². The molecule has 0 fully saturated rings. The van der Waals surface area contributed by atoms with E-state index in [1.165, 1.54) is 50.5 Å². The van der Waals surface area contributed by atoms with Crippen LogP contribution in [0.2, 0.25) is 0 Å². The molecule has 1 aromatic heterocycles. The van der Waals surface area contributed by atoms with Crippen molar-refractivity contribution in [3.8, 4) is 0 Å². The molecule has 0 aliphatic heterocycles. The maximum atomic E-state index is 11.2. The van der Waals surface area contributed by atoms with Crippen molar-refractivity contribution in [2.24, 2.45) is 0 Å². The van der Waals surface area contributed by atoms with Gasteiger partial charge < -0.3 is 4.42 Å². The minimum Gasteiger partial charge on any atom is -0.408 e. The molecule has 0 radical (unpaired) electrons. The summed E-state index contributed by atoms with van der Waals surface area (Å²) in [6.45, 7) is 2.25. The molecule has 21 heavy (non-hydrogen) atoms. The molecular weight excluding hydrogens is 330 g/mol. The first-order valence-corrected chi connectivity index (χ1v) is 8.89. The van der Waals surface area contributed by atoms with Gasteiger partial charge in [-0.05, 0) is 24.1 Å². The molecule has 0 amide bonds. The Morgan fingerprint density at radius 3 is 2.62 bits per heavy atom. The Hall–Kier alpha value is -1.03. The van der Waals surface area contributed by atoms with E-state index in [9.17, 15) is 4.79 Å². The highest BCUT2D eigenvalue weighted by atomic mass is 79.9. The molecule has 2 aromatic rings. The third kappa shape index (κ3) is 5.03. The normalized spacial score (nSPS) is 12.9. The molecule has 0 saturated carbocycles. The highest BCUT2D eigenvalue weighted by molar-refractivity contribution is 9.09. The van der Waals surface area contributed by atoms with E-state index >= 15 is 0 Å². The molecule has 1 N–H and O–H groups in total. The quantitative estimate of drug-likeness (QED) is 0.464. The van der Waals surface area contributed by atoms with Gasteiger partial charge in [0.15, 0.2) is 5.58 Å². The van der Waals surface area contributed by atoms with Crippen LogP contribution in [0, 0.1) is 0 Å². The summed E-state index contributed by atoms with van der Waals surface area (Å²) in [6.07, 6.45) is 10.4. The average Bonchev–Trinajstić information content (AvgIpc) is 2.85. The van der Waals surface area contributed by atoms with E-state index in [0.29, 0.717) is 10.4 Å². The van der Waals surface area contributed by atoms with E-state index < -0.39 is 0 Å². The predicted octanol–water partition coefficient (Wildman–Crippen LogP) is 5.70. The van der Waals surface area contributed by atoms with Gasteiger partial charge >= 0.3 is 5.76 Å². The van der Waals surface area contributed by atoms with Crippen molar-refractivity contribution in [1.29, 1.82) is 0 Å². The number of halogens is 1. The monoisotopic (exact) mass is 353 g/mol. The van der Waals surface area contributed by atoms with E-state index in [1.807, 2.05) is 12.1 Å². The maximum Gasteiger partial charge on any atom is 0.417 e. The molecule has 4 heteroatoms. The first kappa shape index (κ1) is 16.3. The second-order valence-corrected chi connectivity index (χ2v) is 6.75. The summed E-state index contributed by atoms with van der Waals surface area (Å²) < 4.78 is 5.11. The van der Waals surface area contributed by atoms with E-state index in [0.717, 1.165) is 11.9 Å². The molecule has 0 bridgehead atoms. The molecule has 1 atom stereocenters. The van der Waals surface area contributed by atoms with Crippen molar-refractivity contribution >= 4 is 27.0 Å². The Balaban J connectivity index is 1.76. The number of alkyl halides is 1. The molecule has 2 rings (SSSR count). The van der Waals surface area contributed by atoms with Crippen LogP contribution in [-0.4, -0.2) is 4.98 Å². The lowest BCUT2D eigenvalue weighted by Crippen LogP contribution is -1.92. The van der Waals surface area contributed by atoms with E-state index in [-0.39, 0.29) is 5.76 Å². The molecule has 1 heterocycles. The number of aromatic amines is 1. The fraction of sp³-hybridized carbons (Fsp3) is 0.588. The molecule has 3 nitrogen and oxygen atoms in total. The number of oxazole rings is 1. The van der Waals surface area contributed by atoms with Gasteiger partial charge in [-0.2, -0.15) is 0 Å². The van der Waals surface area contributed by atoms with Crippen LogP contribution in [0.3, 0.4) is 0 Å². The van der Waals surface area contributed by atoms with Gasteiger partial charge in [-0.1, -0.05) is 73.9 Å². The Bertz CT molecular complexity index is 602. The summed E-state index contributed by atoms with van der Waals surface area (Å²) in [4.78, 5) is 14.1. The average molecular weight is 354 g/mol. The molecule has 1 unspecified atom stereocenters. The van der Waals surface area contributed by atoms with Gasteiger partial charge in [0.05, 0.1) is 5.52 Å². The second-order valence-electron chi connectivity index (χ2n) is 5.65. The number of fused-ring (bicyclic) bond motifs is 1. The smallest absolute Gasteiger partial charge is 0.408 e. The van der Waals surface area contributed by atoms with Crippen LogP contribution in [0.15, 0.2) is 27.4 Å². The van der Waals surface area contributed by atoms with Crippen LogP contribution in [0.5, 0.6) is 0 Å². The third-order valence-corrected chi connectivity index (χ3v) is 4.85. The molecule has 116 valence electrons. The van der Waals surface area contributed by atoms with E-state index in [1.54, 1.807) is 0 Å². The van der Waals surface area contributed by atoms with Crippen LogP contribution in [0.4, 0.5) is 0 Å². The summed E-state index contributed by atoms with van der Waals surface area (Å²) in [5.74, 6) is -0.389. The lowest BCUT2D eigenvalue weighted by Gasteiger charge is -2.10. The number of rotatable bonds is 9. The molecular formula is C17H24BrNO2. The highest BCUT2D eigenvalue weighted by Gasteiger charge is 2.10. The number of benzene rings is 1. The van der Waals surface area contributed by atoms with Crippen molar-refractivity contribution in [3.05, 3.63) is 34.3 Å². The maximum absolute atomic E-state index is 11.2. The van der Waals surface area contributed by atoms with Crippen LogP contribution < -0.4 is 5.76 Å². The molecule has 0 spiro atoms. The van der Waals surface area contributed by atoms with Gasteiger partial charge in [-0.15, -0.1) is 0 Å². The van der Waals surface area contributed by atoms with Gasteiger partial charge in [-0.25, -0.2) is 4.79 Å². The SMILES string of the molecule is CCCCCCCCCC(Br)c1ccc2[nH]c(=O)oc2c1. The highest BCUT2D eigenvalue weighted by Crippen LogP contribution is 2.30. The summed E-state index contributed by atoms with van der Waals surface area (Å²) in [5, 5.41) is 0. The van der Waals surface area contributed by atoms with Gasteiger partial charge in [0.25, 0.3) is 0 Å². The molecule has 0 aliphatic carbocycles. The number of nitrogens with one attached hydrogen (secondary N) is 1. The topological polar surface area (TPSA) is 46.0 Å². The van der Waals surface area contributed by atoms with Gasteiger partial charge in [0, 0.05) is 4.83 Å².